The summed E-state index contributed by atoms with van der Waals surface area (Å²) in [6.07, 6.45) is 13.3. The second-order valence-corrected chi connectivity index (χ2v) is 10.2. The van der Waals surface area contributed by atoms with Crippen LogP contribution in [0.25, 0.3) is 6.08 Å². The minimum atomic E-state index is -1.43. The Morgan fingerprint density at radius 3 is 2.08 bits per heavy atom. The van der Waals surface area contributed by atoms with E-state index in [2.05, 4.69) is 53.7 Å². The highest BCUT2D eigenvalue weighted by Crippen LogP contribution is 2.27. The lowest BCUT2D eigenvalue weighted by molar-refractivity contribution is -0.217. The molecule has 1 aromatic rings. The molecule has 37 heavy (non-hydrogen) atoms. The van der Waals surface area contributed by atoms with E-state index in [9.17, 15) is 9.90 Å². The molecule has 6 heteroatoms. The third kappa shape index (κ3) is 16.0. The number of carbonyl (C=O) groups excluding carboxylic acids is 1. The Labute approximate surface area is 224 Å². The quantitative estimate of drug-likeness (QED) is 0.0944. The number of aliphatic hydroxyl groups is 1. The third-order valence-corrected chi connectivity index (χ3v) is 6.00. The Bertz CT molecular complexity index is 878. The summed E-state index contributed by atoms with van der Waals surface area (Å²) in [5.74, 6) is 1.45. The van der Waals surface area contributed by atoms with Crippen LogP contribution in [0, 0.1) is 11.8 Å². The van der Waals surface area contributed by atoms with Gasteiger partial charge in [-0.1, -0.05) is 37.1 Å². The van der Waals surface area contributed by atoms with E-state index in [0.717, 1.165) is 38.5 Å². The van der Waals surface area contributed by atoms with Crippen LogP contribution in [-0.4, -0.2) is 37.9 Å². The number of aliphatic hydroxyl groups excluding tert-OH is 1. The maximum atomic E-state index is 12.2. The zero-order valence-corrected chi connectivity index (χ0v) is 23.9. The Morgan fingerprint density at radius 2 is 1.51 bits per heavy atom. The minimum Gasteiger partial charge on any atom is -0.497 e. The van der Waals surface area contributed by atoms with Crippen molar-refractivity contribution in [3.05, 3.63) is 53.1 Å². The van der Waals surface area contributed by atoms with Crippen LogP contribution in [-0.2, 0) is 14.3 Å². The summed E-state index contributed by atoms with van der Waals surface area (Å²) >= 11 is 0. The zero-order valence-electron chi connectivity index (χ0n) is 23.9. The van der Waals surface area contributed by atoms with Gasteiger partial charge in [-0.3, -0.25) is 0 Å². The first-order chi connectivity index (χ1) is 17.6. The van der Waals surface area contributed by atoms with Gasteiger partial charge in [0.25, 0.3) is 0 Å². The van der Waals surface area contributed by atoms with Crippen molar-refractivity contribution in [3.63, 3.8) is 0 Å². The molecular weight excluding hydrogens is 468 g/mol. The highest BCUT2D eigenvalue weighted by molar-refractivity contribution is 5.87. The van der Waals surface area contributed by atoms with E-state index < -0.39 is 12.4 Å². The van der Waals surface area contributed by atoms with Crippen LogP contribution in [0.3, 0.4) is 0 Å². The Kier molecular flexibility index (Phi) is 16.4. The molecule has 0 amide bonds. The van der Waals surface area contributed by atoms with Gasteiger partial charge in [0.15, 0.2) is 0 Å². The van der Waals surface area contributed by atoms with Crippen LogP contribution in [0.4, 0.5) is 0 Å². The van der Waals surface area contributed by atoms with E-state index in [1.54, 1.807) is 31.4 Å². The number of carbonyl (C=O) groups is 1. The predicted molar refractivity (Wildman–Crippen MR) is 150 cm³/mol. The van der Waals surface area contributed by atoms with Crippen molar-refractivity contribution in [1.29, 1.82) is 0 Å². The first kappa shape index (κ1) is 32.5. The average molecular weight is 517 g/mol. The standard InChI is InChI=1S/C31H48O6/c1-23(2)10-8-12-25(5)18-20-35-30(32)17-15-27-14-16-28(34-7)22-29(27)37-31(33)36-21-19-26(6)13-9-11-24(3)4/h10-11,14-17,22,25-26,31,33H,8-9,12-13,18-21H2,1-7H3/b17-15+. The average Bonchev–Trinajstić information content (AvgIpc) is 2.82. The fourth-order valence-corrected chi connectivity index (χ4v) is 3.56. The van der Waals surface area contributed by atoms with Crippen LogP contribution in [0.1, 0.15) is 85.6 Å². The molecule has 0 heterocycles. The lowest BCUT2D eigenvalue weighted by atomic mass is 10.0. The first-order valence-corrected chi connectivity index (χ1v) is 13.4. The summed E-state index contributed by atoms with van der Waals surface area (Å²) in [5.41, 5.74) is 3.25. The van der Waals surface area contributed by atoms with Crippen LogP contribution in [0.15, 0.2) is 47.6 Å². The summed E-state index contributed by atoms with van der Waals surface area (Å²) in [5, 5.41) is 10.3. The molecule has 1 rings (SSSR count). The Hall–Kier alpha value is -2.57. The molecule has 3 atom stereocenters. The predicted octanol–water partition coefficient (Wildman–Crippen LogP) is 7.47. The summed E-state index contributed by atoms with van der Waals surface area (Å²) < 4.78 is 21.7. The van der Waals surface area contributed by atoms with E-state index in [0.29, 0.717) is 42.1 Å². The van der Waals surface area contributed by atoms with Crippen molar-refractivity contribution in [3.8, 4) is 11.5 Å². The fourth-order valence-electron chi connectivity index (χ4n) is 3.56. The van der Waals surface area contributed by atoms with Gasteiger partial charge in [0.1, 0.15) is 11.5 Å². The van der Waals surface area contributed by atoms with Crippen LogP contribution in [0.5, 0.6) is 11.5 Å². The lowest BCUT2D eigenvalue weighted by Crippen LogP contribution is -2.21. The molecule has 1 aromatic carbocycles. The molecule has 208 valence electrons. The van der Waals surface area contributed by atoms with Crippen molar-refractivity contribution in [2.24, 2.45) is 11.8 Å². The fraction of sp³-hybridized carbons (Fsp3) is 0.581. The molecule has 0 bridgehead atoms. The van der Waals surface area contributed by atoms with Gasteiger partial charge < -0.3 is 24.1 Å². The molecule has 0 radical (unpaired) electrons. The highest BCUT2D eigenvalue weighted by atomic mass is 16.8. The number of hydrogen-bond acceptors (Lipinski definition) is 6. The van der Waals surface area contributed by atoms with Crippen molar-refractivity contribution in [2.45, 2.75) is 86.5 Å². The van der Waals surface area contributed by atoms with E-state index in [4.69, 9.17) is 18.9 Å². The molecule has 0 aromatic heterocycles. The molecule has 3 unspecified atom stereocenters. The number of benzene rings is 1. The van der Waals surface area contributed by atoms with E-state index >= 15 is 0 Å². The maximum Gasteiger partial charge on any atom is 0.330 e. The summed E-state index contributed by atoms with van der Waals surface area (Å²) in [6, 6.07) is 5.16. The third-order valence-electron chi connectivity index (χ3n) is 6.00. The second kappa shape index (κ2) is 18.6. The smallest absolute Gasteiger partial charge is 0.330 e. The number of allylic oxidation sites excluding steroid dienone is 4. The van der Waals surface area contributed by atoms with E-state index in [1.807, 2.05) is 0 Å². The van der Waals surface area contributed by atoms with Gasteiger partial charge in [0.05, 0.1) is 20.3 Å². The van der Waals surface area contributed by atoms with Gasteiger partial charge in [0, 0.05) is 17.7 Å². The molecule has 0 aliphatic rings. The van der Waals surface area contributed by atoms with Gasteiger partial charge in [-0.15, -0.1) is 0 Å². The summed E-state index contributed by atoms with van der Waals surface area (Å²) in [4.78, 5) is 12.2. The van der Waals surface area contributed by atoms with Gasteiger partial charge >= 0.3 is 12.4 Å². The van der Waals surface area contributed by atoms with Crippen LogP contribution < -0.4 is 9.47 Å². The molecule has 0 aliphatic carbocycles. The van der Waals surface area contributed by atoms with Crippen LogP contribution >= 0.6 is 0 Å². The van der Waals surface area contributed by atoms with E-state index in [-0.39, 0.29) is 0 Å². The molecule has 0 saturated carbocycles. The molecule has 0 fully saturated rings. The topological polar surface area (TPSA) is 74.2 Å². The molecule has 0 aliphatic heterocycles. The second-order valence-electron chi connectivity index (χ2n) is 10.2. The molecule has 6 nitrogen and oxygen atoms in total. The number of ether oxygens (including phenoxy) is 4. The largest absolute Gasteiger partial charge is 0.497 e. The Balaban J connectivity index is 2.56. The van der Waals surface area contributed by atoms with Gasteiger partial charge in [-0.2, -0.15) is 0 Å². The monoisotopic (exact) mass is 516 g/mol. The van der Waals surface area contributed by atoms with Gasteiger partial charge in [-0.25, -0.2) is 4.79 Å². The molecular formula is C31H48O6. The number of methoxy groups -OCH3 is 1. The SMILES string of the molecule is COc1ccc(/C=C/C(=O)OCCC(C)CCC=C(C)C)c(OC(O)OCCC(C)CCC=C(C)C)c1. The van der Waals surface area contributed by atoms with Crippen LogP contribution in [0.2, 0.25) is 0 Å². The zero-order chi connectivity index (χ0) is 27.6. The number of rotatable bonds is 18. The summed E-state index contributed by atoms with van der Waals surface area (Å²) in [7, 11) is 1.55. The number of hydrogen-bond donors (Lipinski definition) is 1. The maximum absolute atomic E-state index is 12.2. The highest BCUT2D eigenvalue weighted by Gasteiger charge is 2.12. The van der Waals surface area contributed by atoms with Crippen molar-refractivity contribution >= 4 is 12.0 Å². The summed E-state index contributed by atoms with van der Waals surface area (Å²) in [6.45, 7) is 12.1. The normalized spacial score (nSPS) is 13.5. The Morgan fingerprint density at radius 1 is 0.919 bits per heavy atom. The van der Waals surface area contributed by atoms with Crippen molar-refractivity contribution < 1.29 is 28.8 Å². The molecule has 0 spiro atoms. The lowest BCUT2D eigenvalue weighted by Gasteiger charge is -2.17. The number of esters is 1. The van der Waals surface area contributed by atoms with Gasteiger partial charge in [-0.05, 0) is 96.3 Å². The van der Waals surface area contributed by atoms with Crippen molar-refractivity contribution in [1.82, 2.24) is 0 Å². The van der Waals surface area contributed by atoms with Gasteiger partial charge in [0.2, 0.25) is 0 Å². The van der Waals surface area contributed by atoms with Crippen molar-refractivity contribution in [2.75, 3.05) is 20.3 Å². The molecule has 1 N–H and O–H groups in total. The first-order valence-electron chi connectivity index (χ1n) is 13.4. The molecule has 0 saturated heterocycles. The van der Waals surface area contributed by atoms with E-state index in [1.165, 1.54) is 17.2 Å². The minimum absolute atomic E-state index is 0.348.